The Morgan fingerprint density at radius 2 is 1.76 bits per heavy atom. The number of carbonyl (C=O) groups is 2. The zero-order valence-corrected chi connectivity index (χ0v) is 20.6. The van der Waals surface area contributed by atoms with Gasteiger partial charge in [-0.1, -0.05) is 68.4 Å². The molecule has 3 aromatic carbocycles. The van der Waals surface area contributed by atoms with E-state index in [1.165, 1.54) is 21.9 Å². The molecule has 1 amide bonds. The number of hydrogen-bond acceptors (Lipinski definition) is 8. The summed E-state index contributed by atoms with van der Waals surface area (Å²) in [6.07, 6.45) is 1.75. The van der Waals surface area contributed by atoms with Crippen molar-refractivity contribution < 1.29 is 9.59 Å². The summed E-state index contributed by atoms with van der Waals surface area (Å²) in [5.74, 6) is 9.86. The molecule has 6 N–H and O–H groups in total. The van der Waals surface area contributed by atoms with E-state index in [9.17, 15) is 9.59 Å². The molecule has 37 heavy (non-hydrogen) atoms. The fraction of sp³-hybridized carbons (Fsp3) is 0.222. The summed E-state index contributed by atoms with van der Waals surface area (Å²) in [5, 5.41) is 20.8. The predicted molar refractivity (Wildman–Crippen MR) is 141 cm³/mol. The number of tetrazole rings is 1. The number of Topliss-reactive ketones (excluding diaryl/α,β-unsaturated/α-hetero) is 1. The Labute approximate surface area is 213 Å². The summed E-state index contributed by atoms with van der Waals surface area (Å²) in [7, 11) is 0. The largest absolute Gasteiger partial charge is 0.373 e. The normalized spacial score (nSPS) is 17.7. The predicted octanol–water partition coefficient (Wildman–Crippen LogP) is 3.52. The Balaban J connectivity index is 0.000000514. The van der Waals surface area contributed by atoms with Crippen LogP contribution in [0.4, 0.5) is 5.69 Å². The molecular formula is C27H28N8O2. The van der Waals surface area contributed by atoms with Gasteiger partial charge in [-0.15, -0.1) is 10.2 Å². The Morgan fingerprint density at radius 1 is 1.03 bits per heavy atom. The molecule has 188 valence electrons. The molecule has 0 fully saturated rings. The highest BCUT2D eigenvalue weighted by molar-refractivity contribution is 6.12. The minimum absolute atomic E-state index is 0.0610. The average molecular weight is 497 g/mol. The fourth-order valence-electron chi connectivity index (χ4n) is 5.20. The van der Waals surface area contributed by atoms with E-state index in [4.69, 9.17) is 0 Å². The molecule has 1 aliphatic heterocycles. The molecule has 1 atom stereocenters. The standard InChI is InChI=1S/C26H23N5O.CH5N3O/c1-26(2)13-19-22-18-6-4-3-5-15(18)11-12-20(22)27-24(23(19)21(32)14-26)16-7-9-17(10-8-16)25-28-30-31-29-25;2-4(3)1-5/h3-12,24,27H,13-14H2,1-2H3,(H,28,29,30,31);1H,2-3H2. The summed E-state index contributed by atoms with van der Waals surface area (Å²) < 4.78 is 0. The lowest BCUT2D eigenvalue weighted by Gasteiger charge is -2.40. The average Bonchev–Trinajstić information content (AvgIpc) is 3.43. The molecule has 0 bridgehead atoms. The Kier molecular flexibility index (Phi) is 6.28. The van der Waals surface area contributed by atoms with E-state index < -0.39 is 0 Å². The molecule has 2 heterocycles. The van der Waals surface area contributed by atoms with E-state index in [2.05, 4.69) is 87.9 Å². The van der Waals surface area contributed by atoms with Gasteiger partial charge < -0.3 is 5.32 Å². The van der Waals surface area contributed by atoms with Gasteiger partial charge in [0.2, 0.25) is 12.2 Å². The number of allylic oxidation sites excluding steroid dienone is 1. The van der Waals surface area contributed by atoms with Gasteiger partial charge in [0.25, 0.3) is 0 Å². The number of benzene rings is 3. The van der Waals surface area contributed by atoms with Crippen molar-refractivity contribution in [1.29, 1.82) is 0 Å². The SMILES string of the molecule is CC1(C)CC(=O)C2=C(C1)c1c(ccc3ccccc13)NC2c1ccc(-c2nn[nH]n2)cc1.NN(N)C=O. The number of carbonyl (C=O) groups excluding carboxylic acids is 2. The van der Waals surface area contributed by atoms with E-state index in [-0.39, 0.29) is 17.2 Å². The third-order valence-electron chi connectivity index (χ3n) is 6.71. The maximum atomic E-state index is 13.5. The first-order valence-corrected chi connectivity index (χ1v) is 11.9. The smallest absolute Gasteiger partial charge is 0.238 e. The van der Waals surface area contributed by atoms with Gasteiger partial charge >= 0.3 is 0 Å². The van der Waals surface area contributed by atoms with Crippen LogP contribution in [0, 0.1) is 5.41 Å². The van der Waals surface area contributed by atoms with Crippen LogP contribution in [0.3, 0.4) is 0 Å². The highest BCUT2D eigenvalue weighted by atomic mass is 16.2. The van der Waals surface area contributed by atoms with E-state index in [0.717, 1.165) is 28.8 Å². The van der Waals surface area contributed by atoms with Crippen LogP contribution in [0.1, 0.15) is 43.9 Å². The molecule has 10 nitrogen and oxygen atoms in total. The van der Waals surface area contributed by atoms with E-state index in [0.29, 0.717) is 23.8 Å². The first-order valence-electron chi connectivity index (χ1n) is 11.9. The second kappa shape index (κ2) is 9.57. The first-order chi connectivity index (χ1) is 17.8. The maximum Gasteiger partial charge on any atom is 0.238 e. The van der Waals surface area contributed by atoms with Gasteiger partial charge in [-0.2, -0.15) is 5.21 Å². The summed E-state index contributed by atoms with van der Waals surface area (Å²) in [6.45, 7) is 4.38. The van der Waals surface area contributed by atoms with Crippen molar-refractivity contribution in [2.45, 2.75) is 32.7 Å². The summed E-state index contributed by atoms with van der Waals surface area (Å²) in [6, 6.07) is 20.6. The Bertz CT molecular complexity index is 1490. The lowest BCUT2D eigenvalue weighted by molar-refractivity contribution is -0.119. The molecule has 6 rings (SSSR count). The van der Waals surface area contributed by atoms with Gasteiger partial charge in [0.15, 0.2) is 5.78 Å². The number of nitrogens with one attached hydrogen (secondary N) is 2. The molecule has 0 saturated heterocycles. The van der Waals surface area contributed by atoms with E-state index in [1.54, 1.807) is 0 Å². The number of hydrogen-bond donors (Lipinski definition) is 4. The van der Waals surface area contributed by atoms with Crippen molar-refractivity contribution in [3.63, 3.8) is 0 Å². The molecule has 4 aromatic rings. The van der Waals surface area contributed by atoms with Crippen molar-refractivity contribution in [1.82, 2.24) is 25.7 Å². The van der Waals surface area contributed by atoms with Gasteiger partial charge in [-0.25, -0.2) is 16.8 Å². The monoisotopic (exact) mass is 496 g/mol. The fourth-order valence-corrected chi connectivity index (χ4v) is 5.20. The summed E-state index contributed by atoms with van der Waals surface area (Å²) in [5.41, 5.74) is 6.23. The number of ketones is 1. The number of rotatable bonds is 3. The van der Waals surface area contributed by atoms with Crippen LogP contribution >= 0.6 is 0 Å². The summed E-state index contributed by atoms with van der Waals surface area (Å²) >= 11 is 0. The third-order valence-corrected chi connectivity index (χ3v) is 6.71. The molecule has 10 heteroatoms. The number of H-pyrrole nitrogens is 1. The molecule has 1 aromatic heterocycles. The van der Waals surface area contributed by atoms with Gasteiger partial charge in [0.1, 0.15) is 0 Å². The number of aromatic nitrogens is 4. The number of fused-ring (bicyclic) bond motifs is 4. The van der Waals surface area contributed by atoms with Crippen LogP contribution in [-0.2, 0) is 9.59 Å². The van der Waals surface area contributed by atoms with Crippen LogP contribution in [0.25, 0.3) is 27.7 Å². The minimum Gasteiger partial charge on any atom is -0.373 e. The number of aromatic amines is 1. The quantitative estimate of drug-likeness (QED) is 0.145. The Morgan fingerprint density at radius 3 is 2.43 bits per heavy atom. The minimum atomic E-state index is -0.179. The highest BCUT2D eigenvalue weighted by Crippen LogP contribution is 2.52. The van der Waals surface area contributed by atoms with E-state index in [1.807, 2.05) is 24.3 Å². The van der Waals surface area contributed by atoms with Crippen molar-refractivity contribution >= 4 is 34.2 Å². The first kappa shape index (κ1) is 24.3. The van der Waals surface area contributed by atoms with Crippen LogP contribution < -0.4 is 17.0 Å². The van der Waals surface area contributed by atoms with Gasteiger partial charge in [0.05, 0.1) is 6.04 Å². The second-order valence-electron chi connectivity index (χ2n) is 10.0. The third kappa shape index (κ3) is 4.72. The molecule has 0 radical (unpaired) electrons. The van der Waals surface area contributed by atoms with Crippen LogP contribution in [0.15, 0.2) is 66.2 Å². The molecule has 1 aliphatic carbocycles. The summed E-state index contributed by atoms with van der Waals surface area (Å²) in [4.78, 5) is 22.7. The maximum absolute atomic E-state index is 13.5. The second-order valence-corrected chi connectivity index (χ2v) is 10.0. The topological polar surface area (TPSA) is 156 Å². The van der Waals surface area contributed by atoms with Gasteiger partial charge in [-0.3, -0.25) is 9.59 Å². The van der Waals surface area contributed by atoms with Crippen molar-refractivity contribution in [3.05, 3.63) is 77.4 Å². The molecule has 0 spiro atoms. The molecule has 1 unspecified atom stereocenters. The number of hydrazine groups is 2. The van der Waals surface area contributed by atoms with Gasteiger partial charge in [-0.05, 0) is 45.0 Å². The van der Waals surface area contributed by atoms with E-state index >= 15 is 0 Å². The molecule has 2 aliphatic rings. The zero-order valence-electron chi connectivity index (χ0n) is 20.6. The lowest BCUT2D eigenvalue weighted by atomic mass is 9.68. The zero-order chi connectivity index (χ0) is 26.2. The number of nitrogens with two attached hydrogens (primary N) is 2. The molecular weight excluding hydrogens is 468 g/mol. The van der Waals surface area contributed by atoms with Crippen molar-refractivity contribution in [2.75, 3.05) is 5.32 Å². The van der Waals surface area contributed by atoms with Gasteiger partial charge in [0, 0.05) is 28.8 Å². The molecule has 0 saturated carbocycles. The number of amides is 1. The van der Waals surface area contributed by atoms with Crippen molar-refractivity contribution in [3.8, 4) is 11.4 Å². The lowest BCUT2D eigenvalue weighted by Crippen LogP contribution is -2.35. The van der Waals surface area contributed by atoms with Crippen LogP contribution in [0.5, 0.6) is 0 Å². The van der Waals surface area contributed by atoms with Crippen LogP contribution in [-0.4, -0.2) is 37.9 Å². The Hall–Kier alpha value is -4.41. The van der Waals surface area contributed by atoms with Crippen LogP contribution in [0.2, 0.25) is 0 Å². The number of nitrogens with zero attached hydrogens (tertiary/aromatic N) is 4. The highest BCUT2D eigenvalue weighted by Gasteiger charge is 2.40. The van der Waals surface area contributed by atoms with Crippen molar-refractivity contribution in [2.24, 2.45) is 17.1 Å². The number of anilines is 1.